The molecule has 1 aromatic carbocycles. The molecule has 0 N–H and O–H groups in total. The Kier molecular flexibility index (Phi) is 3.23. The first-order chi connectivity index (χ1) is 11.6. The first kappa shape index (κ1) is 14.6. The number of fused-ring (bicyclic) bond motifs is 1. The quantitative estimate of drug-likeness (QED) is 0.545. The molecule has 7 nitrogen and oxygen atoms in total. The van der Waals surface area contributed by atoms with Crippen LogP contribution in [0.15, 0.2) is 41.3 Å². The van der Waals surface area contributed by atoms with Crippen molar-refractivity contribution in [3.63, 3.8) is 0 Å². The van der Waals surface area contributed by atoms with Gasteiger partial charge < -0.3 is 4.57 Å². The van der Waals surface area contributed by atoms with Gasteiger partial charge in [0.05, 0.1) is 22.7 Å². The molecule has 1 saturated carbocycles. The van der Waals surface area contributed by atoms with E-state index in [4.69, 9.17) is 0 Å². The fourth-order valence-corrected chi connectivity index (χ4v) is 3.09. The van der Waals surface area contributed by atoms with Crippen molar-refractivity contribution >= 4 is 16.6 Å². The Morgan fingerprint density at radius 2 is 2.08 bits per heavy atom. The Balaban J connectivity index is 1.90. The van der Waals surface area contributed by atoms with Crippen LogP contribution in [-0.2, 0) is 13.6 Å². The zero-order chi connectivity index (χ0) is 16.8. The number of nitro benzene ring substituents is 1. The Morgan fingerprint density at radius 3 is 2.79 bits per heavy atom. The van der Waals surface area contributed by atoms with Crippen molar-refractivity contribution in [2.45, 2.75) is 25.3 Å². The summed E-state index contributed by atoms with van der Waals surface area (Å²) < 4.78 is 3.23. The van der Waals surface area contributed by atoms with E-state index in [1.165, 1.54) is 10.6 Å². The van der Waals surface area contributed by atoms with E-state index in [9.17, 15) is 14.9 Å². The summed E-state index contributed by atoms with van der Waals surface area (Å²) in [6.07, 6.45) is 3.71. The molecule has 2 aromatic heterocycles. The monoisotopic (exact) mass is 324 g/mol. The molecule has 24 heavy (non-hydrogen) atoms. The zero-order valence-electron chi connectivity index (χ0n) is 13.2. The van der Waals surface area contributed by atoms with Crippen LogP contribution in [0, 0.1) is 10.1 Å². The van der Waals surface area contributed by atoms with Crippen LogP contribution in [0.25, 0.3) is 10.9 Å². The lowest BCUT2D eigenvalue weighted by atomic mass is 10.1. The minimum absolute atomic E-state index is 0.0837. The van der Waals surface area contributed by atoms with Gasteiger partial charge in [-0.05, 0) is 25.0 Å². The second kappa shape index (κ2) is 5.30. The van der Waals surface area contributed by atoms with Gasteiger partial charge in [-0.1, -0.05) is 12.1 Å². The Labute approximate surface area is 137 Å². The van der Waals surface area contributed by atoms with Crippen molar-refractivity contribution in [2.75, 3.05) is 0 Å². The van der Waals surface area contributed by atoms with Gasteiger partial charge in [0.25, 0.3) is 11.2 Å². The average Bonchev–Trinajstić information content (AvgIpc) is 3.34. The van der Waals surface area contributed by atoms with Crippen LogP contribution in [0.1, 0.15) is 30.0 Å². The molecule has 0 saturated heterocycles. The number of pyridine rings is 1. The molecule has 0 aliphatic heterocycles. The molecule has 0 bridgehead atoms. The standard InChI is InChI=1S/C17H16N4O3/c1-19-9-3-4-12(17(19)22)10-20-13-5-2-6-14(21(23)24)15(13)16(18-20)11-7-8-11/h2-6,9,11H,7-8,10H2,1H3. The van der Waals surface area contributed by atoms with Gasteiger partial charge in [0.1, 0.15) is 5.39 Å². The van der Waals surface area contributed by atoms with Crippen LogP contribution in [0.5, 0.6) is 0 Å². The van der Waals surface area contributed by atoms with E-state index in [0.29, 0.717) is 23.0 Å². The van der Waals surface area contributed by atoms with Crippen molar-refractivity contribution < 1.29 is 4.92 Å². The lowest BCUT2D eigenvalue weighted by molar-refractivity contribution is -0.383. The summed E-state index contributed by atoms with van der Waals surface area (Å²) in [6.45, 7) is 0.303. The molecule has 1 aliphatic rings. The number of nitro groups is 1. The molecular weight excluding hydrogens is 308 g/mol. The summed E-state index contributed by atoms with van der Waals surface area (Å²) in [5.74, 6) is 0.286. The summed E-state index contributed by atoms with van der Waals surface area (Å²) in [5.41, 5.74) is 2.10. The third-order valence-corrected chi connectivity index (χ3v) is 4.47. The van der Waals surface area contributed by atoms with Crippen LogP contribution in [-0.4, -0.2) is 19.3 Å². The van der Waals surface area contributed by atoms with E-state index in [-0.39, 0.29) is 22.1 Å². The normalized spacial score (nSPS) is 14.2. The number of aryl methyl sites for hydroxylation is 1. The molecule has 1 aliphatic carbocycles. The first-order valence-electron chi connectivity index (χ1n) is 7.84. The van der Waals surface area contributed by atoms with Gasteiger partial charge in [0, 0.05) is 30.8 Å². The molecule has 1 fully saturated rings. The van der Waals surface area contributed by atoms with E-state index in [1.54, 1.807) is 30.1 Å². The summed E-state index contributed by atoms with van der Waals surface area (Å²) in [4.78, 5) is 23.3. The van der Waals surface area contributed by atoms with Gasteiger partial charge >= 0.3 is 0 Å². The second-order valence-corrected chi connectivity index (χ2v) is 6.20. The topological polar surface area (TPSA) is 83.0 Å². The molecule has 0 spiro atoms. The maximum atomic E-state index is 12.3. The van der Waals surface area contributed by atoms with Crippen LogP contribution < -0.4 is 5.56 Å². The average molecular weight is 324 g/mol. The highest BCUT2D eigenvalue weighted by molar-refractivity contribution is 5.91. The zero-order valence-corrected chi connectivity index (χ0v) is 13.2. The van der Waals surface area contributed by atoms with Gasteiger partial charge in [0.15, 0.2) is 0 Å². The van der Waals surface area contributed by atoms with Gasteiger partial charge in [-0.3, -0.25) is 19.6 Å². The third kappa shape index (κ3) is 2.29. The number of benzene rings is 1. The molecule has 122 valence electrons. The molecule has 4 rings (SSSR count). The highest BCUT2D eigenvalue weighted by Crippen LogP contribution is 2.44. The minimum Gasteiger partial charge on any atom is -0.318 e. The van der Waals surface area contributed by atoms with Crippen LogP contribution in [0.4, 0.5) is 5.69 Å². The first-order valence-corrected chi connectivity index (χ1v) is 7.84. The fraction of sp³-hybridized carbons (Fsp3) is 0.294. The number of hydrogen-bond acceptors (Lipinski definition) is 4. The molecule has 2 heterocycles. The highest BCUT2D eigenvalue weighted by Gasteiger charge is 2.32. The van der Waals surface area contributed by atoms with Gasteiger partial charge in [-0.25, -0.2) is 0 Å². The molecular formula is C17H16N4O3. The molecule has 0 radical (unpaired) electrons. The maximum Gasteiger partial charge on any atom is 0.280 e. The lowest BCUT2D eigenvalue weighted by Gasteiger charge is -2.05. The van der Waals surface area contributed by atoms with Crippen molar-refractivity contribution in [2.24, 2.45) is 7.05 Å². The van der Waals surface area contributed by atoms with Gasteiger partial charge in [-0.15, -0.1) is 0 Å². The number of non-ortho nitro benzene ring substituents is 1. The Hall–Kier alpha value is -2.96. The number of rotatable bonds is 4. The third-order valence-electron chi connectivity index (χ3n) is 4.47. The van der Waals surface area contributed by atoms with Crippen molar-refractivity contribution in [1.29, 1.82) is 0 Å². The highest BCUT2D eigenvalue weighted by atomic mass is 16.6. The van der Waals surface area contributed by atoms with Crippen molar-refractivity contribution in [3.05, 3.63) is 68.3 Å². The smallest absolute Gasteiger partial charge is 0.280 e. The minimum atomic E-state index is -0.359. The van der Waals surface area contributed by atoms with E-state index in [1.807, 2.05) is 12.1 Å². The Bertz CT molecular complexity index is 1010. The molecule has 0 atom stereocenters. The van der Waals surface area contributed by atoms with Gasteiger partial charge in [-0.2, -0.15) is 5.10 Å². The van der Waals surface area contributed by atoms with E-state index in [0.717, 1.165) is 18.5 Å². The van der Waals surface area contributed by atoms with E-state index >= 15 is 0 Å². The van der Waals surface area contributed by atoms with Crippen molar-refractivity contribution in [3.8, 4) is 0 Å². The largest absolute Gasteiger partial charge is 0.318 e. The molecule has 0 amide bonds. The summed E-state index contributed by atoms with van der Waals surface area (Å²) >= 11 is 0. The van der Waals surface area contributed by atoms with E-state index in [2.05, 4.69) is 5.10 Å². The van der Waals surface area contributed by atoms with Gasteiger partial charge in [0.2, 0.25) is 0 Å². The summed E-state index contributed by atoms with van der Waals surface area (Å²) in [7, 11) is 1.70. The van der Waals surface area contributed by atoms with Crippen molar-refractivity contribution in [1.82, 2.24) is 14.3 Å². The predicted molar refractivity (Wildman–Crippen MR) is 89.1 cm³/mol. The number of hydrogen-bond donors (Lipinski definition) is 0. The number of aromatic nitrogens is 3. The SMILES string of the molecule is Cn1cccc(Cn2nc(C3CC3)c3c([N+](=O)[O-])cccc32)c1=O. The fourth-order valence-electron chi connectivity index (χ4n) is 3.09. The number of nitrogens with zero attached hydrogens (tertiary/aromatic N) is 4. The Morgan fingerprint density at radius 1 is 1.29 bits per heavy atom. The summed E-state index contributed by atoms with van der Waals surface area (Å²) in [5, 5.41) is 16.6. The molecule has 7 heteroatoms. The van der Waals surface area contributed by atoms with Crippen LogP contribution in [0.2, 0.25) is 0 Å². The van der Waals surface area contributed by atoms with Crippen LogP contribution >= 0.6 is 0 Å². The lowest BCUT2D eigenvalue weighted by Crippen LogP contribution is -2.22. The second-order valence-electron chi connectivity index (χ2n) is 6.20. The maximum absolute atomic E-state index is 12.3. The molecule has 0 unspecified atom stereocenters. The van der Waals surface area contributed by atoms with Crippen LogP contribution in [0.3, 0.4) is 0 Å². The molecule has 3 aromatic rings. The summed E-state index contributed by atoms with van der Waals surface area (Å²) in [6, 6.07) is 8.59. The predicted octanol–water partition coefficient (Wildman–Crippen LogP) is 2.57. The van der Waals surface area contributed by atoms with E-state index < -0.39 is 0 Å².